The summed E-state index contributed by atoms with van der Waals surface area (Å²) < 4.78 is 22.6. The molecule has 0 aliphatic heterocycles. The Balaban J connectivity index is 4.31. The maximum Gasteiger partial charge on any atom is 0.306 e. The SMILES string of the molecule is CCCCCCCC/C=C\CCCCCCCCCCCC(=O)OC(COC(=O)CCCCCCCCCCCCCCCCCCC)COC(OCC[N+](C)(C)C)C(=O)[O-]. The molecule has 0 aliphatic rings. The quantitative estimate of drug-likeness (QED) is 0.0195. The third kappa shape index (κ3) is 45.9. The molecule has 61 heavy (non-hydrogen) atoms. The van der Waals surface area contributed by atoms with Crippen molar-refractivity contribution in [1.29, 1.82) is 0 Å². The molecule has 360 valence electrons. The van der Waals surface area contributed by atoms with Gasteiger partial charge in [-0.25, -0.2) is 0 Å². The number of aliphatic carboxylic acids is 1. The van der Waals surface area contributed by atoms with Crippen LogP contribution in [0.2, 0.25) is 0 Å². The van der Waals surface area contributed by atoms with Gasteiger partial charge >= 0.3 is 11.9 Å². The number of unbranched alkanes of at least 4 members (excludes halogenated alkanes) is 31. The number of allylic oxidation sites excluding steroid dienone is 2. The Morgan fingerprint density at radius 3 is 1.21 bits per heavy atom. The minimum atomic E-state index is -1.62. The predicted octanol–water partition coefficient (Wildman–Crippen LogP) is 12.9. The summed E-state index contributed by atoms with van der Waals surface area (Å²) in [6, 6.07) is 0. The van der Waals surface area contributed by atoms with Crippen molar-refractivity contribution in [2.75, 3.05) is 47.5 Å². The van der Waals surface area contributed by atoms with Gasteiger partial charge in [-0.2, -0.15) is 0 Å². The lowest BCUT2D eigenvalue weighted by Gasteiger charge is -2.26. The lowest BCUT2D eigenvalue weighted by Crippen LogP contribution is -2.44. The van der Waals surface area contributed by atoms with Gasteiger partial charge in [-0.3, -0.25) is 9.59 Å². The van der Waals surface area contributed by atoms with E-state index in [1.54, 1.807) is 0 Å². The zero-order valence-corrected chi connectivity index (χ0v) is 40.8. The van der Waals surface area contributed by atoms with E-state index in [4.69, 9.17) is 18.9 Å². The Bertz CT molecular complexity index is 1010. The number of hydrogen-bond donors (Lipinski definition) is 0. The molecule has 0 saturated heterocycles. The van der Waals surface area contributed by atoms with E-state index in [1.165, 1.54) is 173 Å². The Labute approximate surface area is 376 Å². The largest absolute Gasteiger partial charge is 0.545 e. The van der Waals surface area contributed by atoms with Crippen molar-refractivity contribution < 1.29 is 42.9 Å². The molecule has 0 saturated carbocycles. The van der Waals surface area contributed by atoms with Gasteiger partial charge in [0.1, 0.15) is 13.2 Å². The third-order valence-electron chi connectivity index (χ3n) is 11.5. The molecule has 0 fully saturated rings. The predicted molar refractivity (Wildman–Crippen MR) is 251 cm³/mol. The van der Waals surface area contributed by atoms with Gasteiger partial charge < -0.3 is 33.3 Å². The number of carbonyl (C=O) groups excluding carboxylic acids is 3. The van der Waals surface area contributed by atoms with Crippen molar-refractivity contribution in [3.8, 4) is 0 Å². The minimum Gasteiger partial charge on any atom is -0.545 e. The molecule has 0 aromatic rings. The number of quaternary nitrogens is 1. The molecule has 9 nitrogen and oxygen atoms in total. The van der Waals surface area contributed by atoms with Crippen LogP contribution in [0.15, 0.2) is 12.2 Å². The number of ether oxygens (including phenoxy) is 4. The number of hydrogen-bond acceptors (Lipinski definition) is 8. The fourth-order valence-corrected chi connectivity index (χ4v) is 7.47. The minimum absolute atomic E-state index is 0.151. The Morgan fingerprint density at radius 2 is 0.836 bits per heavy atom. The van der Waals surface area contributed by atoms with Crippen LogP contribution < -0.4 is 5.11 Å². The summed E-state index contributed by atoms with van der Waals surface area (Å²) in [4.78, 5) is 37.1. The Hall–Kier alpha value is -1.97. The van der Waals surface area contributed by atoms with Crippen LogP contribution in [0.4, 0.5) is 0 Å². The highest BCUT2D eigenvalue weighted by Crippen LogP contribution is 2.16. The smallest absolute Gasteiger partial charge is 0.306 e. The molecule has 0 aromatic carbocycles. The van der Waals surface area contributed by atoms with E-state index in [1.807, 2.05) is 21.1 Å². The first kappa shape index (κ1) is 59.0. The van der Waals surface area contributed by atoms with Crippen LogP contribution in [-0.4, -0.2) is 82.3 Å². The topological polar surface area (TPSA) is 111 Å². The summed E-state index contributed by atoms with van der Waals surface area (Å²) in [6.45, 7) is 4.78. The molecule has 0 radical (unpaired) electrons. The Kier molecular flexibility index (Phi) is 43.2. The van der Waals surface area contributed by atoms with Gasteiger partial charge in [0.2, 0.25) is 0 Å². The average molecular weight is 866 g/mol. The fourth-order valence-electron chi connectivity index (χ4n) is 7.47. The number of carbonyl (C=O) groups is 3. The van der Waals surface area contributed by atoms with E-state index in [-0.39, 0.29) is 32.2 Å². The van der Waals surface area contributed by atoms with E-state index in [2.05, 4.69) is 26.0 Å². The van der Waals surface area contributed by atoms with Crippen molar-refractivity contribution in [3.63, 3.8) is 0 Å². The van der Waals surface area contributed by atoms with Crippen LogP contribution in [0, 0.1) is 0 Å². The average Bonchev–Trinajstić information content (AvgIpc) is 3.22. The second-order valence-electron chi connectivity index (χ2n) is 18.8. The van der Waals surface area contributed by atoms with Crippen LogP contribution in [0.1, 0.15) is 245 Å². The van der Waals surface area contributed by atoms with E-state index in [0.29, 0.717) is 23.9 Å². The van der Waals surface area contributed by atoms with Crippen molar-refractivity contribution in [2.24, 2.45) is 0 Å². The normalized spacial score (nSPS) is 12.9. The molecule has 9 heteroatoms. The Morgan fingerprint density at radius 1 is 0.475 bits per heavy atom. The number of rotatable bonds is 48. The lowest BCUT2D eigenvalue weighted by atomic mass is 10.0. The molecule has 0 aliphatic carbocycles. The van der Waals surface area contributed by atoms with Gasteiger partial charge in [-0.1, -0.05) is 206 Å². The van der Waals surface area contributed by atoms with Crippen LogP contribution in [-0.2, 0) is 33.3 Å². The van der Waals surface area contributed by atoms with Gasteiger partial charge in [0, 0.05) is 12.8 Å². The lowest BCUT2D eigenvalue weighted by molar-refractivity contribution is -0.870. The van der Waals surface area contributed by atoms with Crippen LogP contribution in [0.25, 0.3) is 0 Å². The second kappa shape index (κ2) is 44.6. The van der Waals surface area contributed by atoms with Crippen molar-refractivity contribution >= 4 is 17.9 Å². The standard InChI is InChI=1S/C52H99NO8/c1-6-8-10-12-14-16-18-20-22-24-25-27-29-31-33-35-37-39-41-43-50(55)61-48(47-60-52(51(56)57)58-45-44-53(3,4)5)46-59-49(54)42-40-38-36-34-32-30-28-26-23-21-19-17-15-13-11-9-7-2/h20,22,48,52H,6-19,21,23-47H2,1-5H3/b22-20-. The van der Waals surface area contributed by atoms with Crippen LogP contribution >= 0.6 is 0 Å². The summed E-state index contributed by atoms with van der Waals surface area (Å²) in [5, 5.41) is 11.7. The second-order valence-corrected chi connectivity index (χ2v) is 18.8. The number of carboxylic acid groups (broad SMARTS) is 1. The van der Waals surface area contributed by atoms with Gasteiger partial charge in [-0.15, -0.1) is 0 Å². The highest BCUT2D eigenvalue weighted by Gasteiger charge is 2.22. The number of esters is 2. The molecule has 2 unspecified atom stereocenters. The first-order valence-corrected chi connectivity index (χ1v) is 25.8. The molecule has 0 N–H and O–H groups in total. The molecular formula is C52H99NO8. The number of nitrogens with zero attached hydrogens (tertiary/aromatic N) is 1. The molecule has 0 amide bonds. The zero-order chi connectivity index (χ0) is 44.9. The summed E-state index contributed by atoms with van der Waals surface area (Å²) >= 11 is 0. The van der Waals surface area contributed by atoms with Crippen molar-refractivity contribution in [1.82, 2.24) is 0 Å². The maximum absolute atomic E-state index is 12.8. The van der Waals surface area contributed by atoms with Gasteiger partial charge in [0.15, 0.2) is 12.4 Å². The fraction of sp³-hybridized carbons (Fsp3) is 0.904. The molecule has 0 spiro atoms. The van der Waals surface area contributed by atoms with E-state index in [0.717, 1.165) is 38.5 Å². The van der Waals surface area contributed by atoms with Crippen LogP contribution in [0.5, 0.6) is 0 Å². The molecule has 0 aromatic heterocycles. The molecule has 2 atom stereocenters. The zero-order valence-electron chi connectivity index (χ0n) is 40.8. The maximum atomic E-state index is 12.8. The van der Waals surface area contributed by atoms with E-state index in [9.17, 15) is 19.5 Å². The van der Waals surface area contributed by atoms with Gasteiger partial charge in [0.05, 0.1) is 40.3 Å². The van der Waals surface area contributed by atoms with Gasteiger partial charge in [0.25, 0.3) is 0 Å². The monoisotopic (exact) mass is 866 g/mol. The van der Waals surface area contributed by atoms with Crippen molar-refractivity contribution in [2.45, 2.75) is 257 Å². The summed E-state index contributed by atoms with van der Waals surface area (Å²) in [7, 11) is 5.92. The number of likely N-dealkylation sites (N-methyl/N-ethyl adjacent to an activating group) is 1. The molecular weight excluding hydrogens is 767 g/mol. The molecule has 0 heterocycles. The summed E-state index contributed by atoms with van der Waals surface area (Å²) in [5.74, 6) is -2.27. The summed E-state index contributed by atoms with van der Waals surface area (Å²) in [5.41, 5.74) is 0. The first-order chi connectivity index (χ1) is 29.6. The summed E-state index contributed by atoms with van der Waals surface area (Å²) in [6.07, 6.45) is 45.2. The van der Waals surface area contributed by atoms with Gasteiger partial charge in [-0.05, 0) is 38.5 Å². The highest BCUT2D eigenvalue weighted by atomic mass is 16.7. The number of carboxylic acids is 1. The molecule has 0 rings (SSSR count). The molecule has 0 bridgehead atoms. The highest BCUT2D eigenvalue weighted by molar-refractivity contribution is 5.70. The van der Waals surface area contributed by atoms with E-state index < -0.39 is 24.3 Å². The van der Waals surface area contributed by atoms with Crippen molar-refractivity contribution in [3.05, 3.63) is 12.2 Å². The van der Waals surface area contributed by atoms with Crippen LogP contribution in [0.3, 0.4) is 0 Å². The first-order valence-electron chi connectivity index (χ1n) is 25.8. The van der Waals surface area contributed by atoms with E-state index >= 15 is 0 Å². The third-order valence-corrected chi connectivity index (χ3v) is 11.5.